The maximum atomic E-state index is 11.8. The van der Waals surface area contributed by atoms with Gasteiger partial charge in [0.15, 0.2) is 0 Å². The van der Waals surface area contributed by atoms with Crippen LogP contribution in [0.1, 0.15) is 46.5 Å². The summed E-state index contributed by atoms with van der Waals surface area (Å²) >= 11 is 0. The van der Waals surface area contributed by atoms with Gasteiger partial charge in [-0.1, -0.05) is 13.8 Å². The second kappa shape index (κ2) is 6.97. The van der Waals surface area contributed by atoms with Gasteiger partial charge in [-0.15, -0.1) is 0 Å². The van der Waals surface area contributed by atoms with Crippen LogP contribution in [0.15, 0.2) is 0 Å². The summed E-state index contributed by atoms with van der Waals surface area (Å²) in [4.78, 5) is 14.1. The Morgan fingerprint density at radius 3 is 2.53 bits per heavy atom. The van der Waals surface area contributed by atoms with Crippen LogP contribution in [-0.4, -0.2) is 42.0 Å². The van der Waals surface area contributed by atoms with Crippen LogP contribution in [-0.2, 0) is 4.79 Å². The number of nitrogens with two attached hydrogens (primary N) is 1. The Balaban J connectivity index is 2.45. The molecule has 0 saturated heterocycles. The van der Waals surface area contributed by atoms with Gasteiger partial charge in [0.2, 0.25) is 5.91 Å². The van der Waals surface area contributed by atoms with Crippen LogP contribution in [0.2, 0.25) is 0 Å². The van der Waals surface area contributed by atoms with E-state index in [1.807, 2.05) is 0 Å². The van der Waals surface area contributed by atoms with E-state index in [4.69, 9.17) is 5.73 Å². The molecule has 3 N–H and O–H groups in total. The van der Waals surface area contributed by atoms with Gasteiger partial charge in [-0.25, -0.2) is 0 Å². The number of nitrogens with zero attached hydrogens (tertiary/aromatic N) is 1. The van der Waals surface area contributed by atoms with Crippen molar-refractivity contribution in [2.24, 2.45) is 5.73 Å². The molecule has 0 bridgehead atoms. The fourth-order valence-electron chi connectivity index (χ4n) is 2.23. The molecule has 17 heavy (non-hydrogen) atoms. The van der Waals surface area contributed by atoms with E-state index >= 15 is 0 Å². The average molecular weight is 241 g/mol. The normalized spacial score (nSPS) is 19.1. The Hall–Kier alpha value is -0.610. The highest BCUT2D eigenvalue weighted by molar-refractivity contribution is 5.77. The maximum absolute atomic E-state index is 11.8. The van der Waals surface area contributed by atoms with E-state index in [0.717, 1.165) is 25.8 Å². The standard InChI is InChI=1S/C13H27N3O/c1-4-10(3)16(5-2)12(9-14)8-13(17)15-11-6-7-11/h10-12H,4-9,14H2,1-3H3,(H,15,17). The fourth-order valence-corrected chi connectivity index (χ4v) is 2.23. The lowest BCUT2D eigenvalue weighted by atomic mass is 10.1. The number of hydrogen-bond donors (Lipinski definition) is 2. The molecule has 0 aromatic carbocycles. The van der Waals surface area contributed by atoms with E-state index in [-0.39, 0.29) is 11.9 Å². The molecule has 2 unspecified atom stereocenters. The minimum atomic E-state index is 0.157. The number of rotatable bonds is 8. The Kier molecular flexibility index (Phi) is 5.92. The molecule has 0 aromatic rings. The monoisotopic (exact) mass is 241 g/mol. The highest BCUT2D eigenvalue weighted by Crippen LogP contribution is 2.19. The predicted molar refractivity (Wildman–Crippen MR) is 70.8 cm³/mol. The molecular weight excluding hydrogens is 214 g/mol. The molecule has 0 spiro atoms. The number of amides is 1. The van der Waals surface area contributed by atoms with Gasteiger partial charge in [-0.05, 0) is 32.7 Å². The van der Waals surface area contributed by atoms with Gasteiger partial charge >= 0.3 is 0 Å². The van der Waals surface area contributed by atoms with Crippen molar-refractivity contribution in [3.63, 3.8) is 0 Å². The summed E-state index contributed by atoms with van der Waals surface area (Å²) in [7, 11) is 0. The lowest BCUT2D eigenvalue weighted by molar-refractivity contribution is -0.122. The molecule has 1 aliphatic rings. The molecule has 0 aliphatic heterocycles. The first-order valence-corrected chi connectivity index (χ1v) is 6.87. The molecular formula is C13H27N3O. The third-order valence-electron chi connectivity index (χ3n) is 3.63. The van der Waals surface area contributed by atoms with Gasteiger partial charge in [-0.3, -0.25) is 9.69 Å². The zero-order valence-electron chi connectivity index (χ0n) is 11.4. The Labute approximate surface area is 105 Å². The van der Waals surface area contributed by atoms with Crippen molar-refractivity contribution < 1.29 is 4.79 Å². The van der Waals surface area contributed by atoms with Crippen LogP contribution in [0.5, 0.6) is 0 Å². The van der Waals surface area contributed by atoms with Gasteiger partial charge in [0, 0.05) is 31.1 Å². The zero-order valence-corrected chi connectivity index (χ0v) is 11.4. The van der Waals surface area contributed by atoms with Crippen molar-refractivity contribution in [2.75, 3.05) is 13.1 Å². The van der Waals surface area contributed by atoms with Crippen molar-refractivity contribution >= 4 is 5.91 Å². The van der Waals surface area contributed by atoms with Crippen LogP contribution in [0.3, 0.4) is 0 Å². The predicted octanol–water partition coefficient (Wildman–Crippen LogP) is 1.10. The van der Waals surface area contributed by atoms with Crippen molar-refractivity contribution in [3.05, 3.63) is 0 Å². The van der Waals surface area contributed by atoms with E-state index in [1.54, 1.807) is 0 Å². The van der Waals surface area contributed by atoms with E-state index in [9.17, 15) is 4.79 Å². The Morgan fingerprint density at radius 2 is 2.12 bits per heavy atom. The van der Waals surface area contributed by atoms with E-state index in [1.165, 1.54) is 0 Å². The molecule has 1 aliphatic carbocycles. The lowest BCUT2D eigenvalue weighted by Crippen LogP contribution is -2.48. The van der Waals surface area contributed by atoms with Crippen molar-refractivity contribution in [2.45, 2.75) is 64.6 Å². The molecule has 1 fully saturated rings. The summed E-state index contributed by atoms with van der Waals surface area (Å²) in [6.07, 6.45) is 3.91. The van der Waals surface area contributed by atoms with Gasteiger partial charge in [-0.2, -0.15) is 0 Å². The van der Waals surface area contributed by atoms with Crippen LogP contribution >= 0.6 is 0 Å². The summed E-state index contributed by atoms with van der Waals surface area (Å²) in [5.74, 6) is 0.157. The third kappa shape index (κ3) is 4.64. The third-order valence-corrected chi connectivity index (χ3v) is 3.63. The minimum absolute atomic E-state index is 0.157. The zero-order chi connectivity index (χ0) is 12.8. The van der Waals surface area contributed by atoms with E-state index in [0.29, 0.717) is 25.0 Å². The highest BCUT2D eigenvalue weighted by atomic mass is 16.1. The number of hydrogen-bond acceptors (Lipinski definition) is 3. The van der Waals surface area contributed by atoms with Crippen LogP contribution < -0.4 is 11.1 Å². The molecule has 100 valence electrons. The van der Waals surface area contributed by atoms with Gasteiger partial charge in [0.05, 0.1) is 0 Å². The summed E-state index contributed by atoms with van der Waals surface area (Å²) in [5.41, 5.74) is 5.81. The van der Waals surface area contributed by atoms with Gasteiger partial charge < -0.3 is 11.1 Å². The fraction of sp³-hybridized carbons (Fsp3) is 0.923. The van der Waals surface area contributed by atoms with Crippen LogP contribution in [0.4, 0.5) is 0 Å². The molecule has 0 aromatic heterocycles. The largest absolute Gasteiger partial charge is 0.353 e. The number of nitrogens with one attached hydrogen (secondary N) is 1. The molecule has 0 radical (unpaired) electrons. The second-order valence-corrected chi connectivity index (χ2v) is 5.02. The Bertz CT molecular complexity index is 241. The van der Waals surface area contributed by atoms with Gasteiger partial charge in [0.25, 0.3) is 0 Å². The molecule has 1 amide bonds. The van der Waals surface area contributed by atoms with Crippen molar-refractivity contribution in [1.82, 2.24) is 10.2 Å². The van der Waals surface area contributed by atoms with Crippen molar-refractivity contribution in [1.29, 1.82) is 0 Å². The quantitative estimate of drug-likeness (QED) is 0.669. The maximum Gasteiger partial charge on any atom is 0.221 e. The summed E-state index contributed by atoms with van der Waals surface area (Å²) in [6.45, 7) is 8.01. The molecule has 1 saturated carbocycles. The minimum Gasteiger partial charge on any atom is -0.353 e. The first kappa shape index (κ1) is 14.5. The second-order valence-electron chi connectivity index (χ2n) is 5.02. The SMILES string of the molecule is CCC(C)N(CC)C(CN)CC(=O)NC1CC1. The smallest absolute Gasteiger partial charge is 0.221 e. The first-order valence-electron chi connectivity index (χ1n) is 6.87. The number of carbonyl (C=O) groups is 1. The van der Waals surface area contributed by atoms with Crippen LogP contribution in [0.25, 0.3) is 0 Å². The Morgan fingerprint density at radius 1 is 1.47 bits per heavy atom. The first-order chi connectivity index (χ1) is 8.12. The summed E-state index contributed by atoms with van der Waals surface area (Å²) in [6, 6.07) is 1.11. The summed E-state index contributed by atoms with van der Waals surface area (Å²) < 4.78 is 0. The highest BCUT2D eigenvalue weighted by Gasteiger charge is 2.27. The summed E-state index contributed by atoms with van der Waals surface area (Å²) in [5, 5.41) is 3.03. The molecule has 0 heterocycles. The lowest BCUT2D eigenvalue weighted by Gasteiger charge is -2.34. The topological polar surface area (TPSA) is 58.4 Å². The molecule has 1 rings (SSSR count). The van der Waals surface area contributed by atoms with Crippen LogP contribution in [0, 0.1) is 0 Å². The molecule has 2 atom stereocenters. The molecule has 4 heteroatoms. The van der Waals surface area contributed by atoms with E-state index in [2.05, 4.69) is 31.0 Å². The van der Waals surface area contributed by atoms with E-state index < -0.39 is 0 Å². The molecule has 4 nitrogen and oxygen atoms in total. The average Bonchev–Trinajstić information content (AvgIpc) is 3.11. The number of likely N-dealkylation sites (N-methyl/N-ethyl adjacent to an activating group) is 1. The van der Waals surface area contributed by atoms with Gasteiger partial charge in [0.1, 0.15) is 0 Å². The van der Waals surface area contributed by atoms with Crippen molar-refractivity contribution in [3.8, 4) is 0 Å². The number of carbonyl (C=O) groups excluding carboxylic acids is 1.